The number of ether oxygens (including phenoxy) is 2. The van der Waals surface area contributed by atoms with Crippen LogP contribution in [-0.2, 0) is 22.3 Å². The molecule has 2 unspecified atom stereocenters. The summed E-state index contributed by atoms with van der Waals surface area (Å²) in [6.07, 6.45) is 4.78. The molecule has 0 aromatic heterocycles. The van der Waals surface area contributed by atoms with Crippen molar-refractivity contribution in [3.63, 3.8) is 0 Å². The zero-order valence-electron chi connectivity index (χ0n) is 39.4. The van der Waals surface area contributed by atoms with Crippen molar-refractivity contribution in [2.24, 2.45) is 0 Å². The van der Waals surface area contributed by atoms with Crippen molar-refractivity contribution in [2.75, 3.05) is 22.3 Å². The van der Waals surface area contributed by atoms with Gasteiger partial charge in [0.2, 0.25) is 8.77 Å². The molecular formula is C60H56N2O2S4. The van der Waals surface area contributed by atoms with E-state index in [9.17, 15) is 0 Å². The Hall–Kier alpha value is -6.16. The number of benzene rings is 8. The van der Waals surface area contributed by atoms with Gasteiger partial charge in [0, 0.05) is 47.0 Å². The van der Waals surface area contributed by atoms with Crippen LogP contribution in [0, 0.1) is 27.7 Å². The third-order valence-electron chi connectivity index (χ3n) is 12.1. The second-order valence-electron chi connectivity index (χ2n) is 17.1. The highest BCUT2D eigenvalue weighted by molar-refractivity contribution is 8.22. The normalized spacial score (nSPS) is 11.9. The van der Waals surface area contributed by atoms with E-state index in [4.69, 9.17) is 33.9 Å². The van der Waals surface area contributed by atoms with E-state index in [0.717, 1.165) is 56.4 Å². The van der Waals surface area contributed by atoms with Gasteiger partial charge in [0.05, 0.1) is 0 Å². The van der Waals surface area contributed by atoms with E-state index < -0.39 is 0 Å². The summed E-state index contributed by atoms with van der Waals surface area (Å²) < 4.78 is 13.9. The van der Waals surface area contributed by atoms with E-state index in [-0.39, 0.29) is 12.2 Å². The number of hydrogen-bond acceptors (Lipinski definition) is 8. The van der Waals surface area contributed by atoms with Crippen LogP contribution in [0.2, 0.25) is 0 Å². The topological polar surface area (TPSA) is 24.9 Å². The lowest BCUT2D eigenvalue weighted by molar-refractivity contribution is 0.205. The Morgan fingerprint density at radius 3 is 0.838 bits per heavy atom. The molecule has 0 heterocycles. The molecule has 0 bridgehead atoms. The van der Waals surface area contributed by atoms with E-state index in [1.165, 1.54) is 56.9 Å². The summed E-state index contributed by atoms with van der Waals surface area (Å²) in [5, 5.41) is 0. The first-order valence-electron chi connectivity index (χ1n) is 22.8. The Balaban J connectivity index is 0.971. The third kappa shape index (κ3) is 12.3. The monoisotopic (exact) mass is 964 g/mol. The van der Waals surface area contributed by atoms with Gasteiger partial charge in [-0.05, 0) is 171 Å². The van der Waals surface area contributed by atoms with E-state index >= 15 is 0 Å². The van der Waals surface area contributed by atoms with Gasteiger partial charge in [-0.15, -0.1) is 0 Å². The van der Waals surface area contributed by atoms with Gasteiger partial charge in [-0.1, -0.05) is 167 Å². The van der Waals surface area contributed by atoms with Crippen molar-refractivity contribution in [3.05, 3.63) is 239 Å². The van der Waals surface area contributed by atoms with Crippen molar-refractivity contribution in [1.29, 1.82) is 0 Å². The summed E-state index contributed by atoms with van der Waals surface area (Å²) in [7, 11) is 0. The van der Waals surface area contributed by atoms with Crippen molar-refractivity contribution in [3.8, 4) is 11.1 Å². The predicted octanol–water partition coefficient (Wildman–Crippen LogP) is 17.4. The standard InChI is InChI=1S/C60H56N2O2S4/c1-41-7-27-51(28-8-41)61(52-29-9-42(2)10-30-52)55-35-23-49(24-36-55)57(63-59(65)67-5)39-45-15-19-47(20-16-45)48-21-17-46(18-22-48)40-58(64-60(66)68-6)50-25-37-56(38-26-50)62(53-31-11-43(3)12-32-53)54-33-13-44(4)14-34-54/h7-38,57-58H,39-40H2,1-6H3. The highest BCUT2D eigenvalue weighted by Crippen LogP contribution is 2.38. The van der Waals surface area contributed by atoms with Gasteiger partial charge in [0.15, 0.2) is 0 Å². The number of thiocarbonyl (C=S) groups is 2. The van der Waals surface area contributed by atoms with Crippen LogP contribution in [0.3, 0.4) is 0 Å². The van der Waals surface area contributed by atoms with Crippen LogP contribution in [-0.4, -0.2) is 21.3 Å². The molecule has 0 fully saturated rings. The lowest BCUT2D eigenvalue weighted by atomic mass is 9.96. The van der Waals surface area contributed by atoms with Crippen molar-refractivity contribution >= 4 is 90.8 Å². The SMILES string of the molecule is CSC(=S)OC(Cc1ccc(-c2ccc(CC(OC(=S)SC)c3ccc(N(c4ccc(C)cc4)c4ccc(C)cc4)cc3)cc2)cc1)c1ccc(N(c2ccc(C)cc2)c2ccc(C)cc2)cc1. The van der Waals surface area contributed by atoms with Crippen LogP contribution in [0.4, 0.5) is 34.1 Å². The fourth-order valence-electron chi connectivity index (χ4n) is 8.22. The maximum absolute atomic E-state index is 6.43. The molecule has 0 N–H and O–H groups in total. The Morgan fingerprint density at radius 2 is 0.603 bits per heavy atom. The lowest BCUT2D eigenvalue weighted by Crippen LogP contribution is -2.12. The van der Waals surface area contributed by atoms with E-state index in [0.29, 0.717) is 21.6 Å². The highest BCUT2D eigenvalue weighted by atomic mass is 32.2. The summed E-state index contributed by atoms with van der Waals surface area (Å²) in [5.74, 6) is 0. The molecule has 0 radical (unpaired) electrons. The molecule has 0 saturated carbocycles. The Morgan fingerprint density at radius 1 is 0.368 bits per heavy atom. The number of anilines is 6. The predicted molar refractivity (Wildman–Crippen MR) is 300 cm³/mol. The lowest BCUT2D eigenvalue weighted by Gasteiger charge is -2.26. The number of hydrogen-bond donors (Lipinski definition) is 0. The summed E-state index contributed by atoms with van der Waals surface area (Å²) >= 11 is 14.1. The largest absolute Gasteiger partial charge is 0.470 e. The molecule has 0 amide bonds. The second kappa shape index (κ2) is 22.8. The average molecular weight is 965 g/mol. The fourth-order valence-corrected chi connectivity index (χ4v) is 8.88. The minimum absolute atomic E-state index is 0.244. The van der Waals surface area contributed by atoms with Gasteiger partial charge in [-0.25, -0.2) is 0 Å². The van der Waals surface area contributed by atoms with Crippen LogP contribution in [0.25, 0.3) is 11.1 Å². The van der Waals surface area contributed by atoms with Crippen LogP contribution < -0.4 is 9.80 Å². The smallest absolute Gasteiger partial charge is 0.220 e. The molecule has 0 saturated heterocycles. The maximum Gasteiger partial charge on any atom is 0.220 e. The number of thioether (sulfide) groups is 2. The van der Waals surface area contributed by atoms with Crippen molar-refractivity contribution in [1.82, 2.24) is 0 Å². The second-order valence-corrected chi connectivity index (χ2v) is 19.9. The van der Waals surface area contributed by atoms with Gasteiger partial charge in [0.1, 0.15) is 12.2 Å². The molecule has 342 valence electrons. The van der Waals surface area contributed by atoms with Crippen LogP contribution >= 0.6 is 48.0 Å². The van der Waals surface area contributed by atoms with Crippen LogP contribution in [0.5, 0.6) is 0 Å². The quantitative estimate of drug-likeness (QED) is 0.0938. The Labute approximate surface area is 422 Å². The fraction of sp³-hybridized carbons (Fsp3) is 0.167. The molecule has 8 aromatic rings. The van der Waals surface area contributed by atoms with E-state index in [2.05, 4.69) is 232 Å². The molecule has 0 aliphatic rings. The summed E-state index contributed by atoms with van der Waals surface area (Å²) in [4.78, 5) is 4.57. The first-order valence-corrected chi connectivity index (χ1v) is 26.0. The molecule has 8 heteroatoms. The maximum atomic E-state index is 6.43. The molecule has 0 aliphatic heterocycles. The number of nitrogens with zero attached hydrogens (tertiary/aromatic N) is 2. The van der Waals surface area contributed by atoms with Crippen molar-refractivity contribution < 1.29 is 9.47 Å². The Bertz CT molecular complexity index is 2610. The number of rotatable bonds is 15. The molecule has 0 aliphatic carbocycles. The zero-order chi connectivity index (χ0) is 47.6. The molecule has 4 nitrogen and oxygen atoms in total. The van der Waals surface area contributed by atoms with Gasteiger partial charge in [-0.2, -0.15) is 0 Å². The van der Waals surface area contributed by atoms with Gasteiger partial charge in [0.25, 0.3) is 0 Å². The van der Waals surface area contributed by atoms with Crippen LogP contribution in [0.15, 0.2) is 194 Å². The highest BCUT2D eigenvalue weighted by Gasteiger charge is 2.21. The first-order chi connectivity index (χ1) is 33.0. The summed E-state index contributed by atoms with van der Waals surface area (Å²) in [6, 6.07) is 69.6. The van der Waals surface area contributed by atoms with Crippen molar-refractivity contribution in [2.45, 2.75) is 52.7 Å². The minimum Gasteiger partial charge on any atom is -0.470 e. The molecule has 0 spiro atoms. The van der Waals surface area contributed by atoms with Gasteiger partial charge >= 0.3 is 0 Å². The van der Waals surface area contributed by atoms with Gasteiger partial charge < -0.3 is 19.3 Å². The number of aryl methyl sites for hydroxylation is 4. The van der Waals surface area contributed by atoms with E-state index in [1.54, 1.807) is 0 Å². The molecular weight excluding hydrogens is 909 g/mol. The van der Waals surface area contributed by atoms with Crippen LogP contribution in [0.1, 0.15) is 56.7 Å². The molecule has 2 atom stereocenters. The summed E-state index contributed by atoms with van der Waals surface area (Å²) in [5.41, 5.74) is 18.2. The van der Waals surface area contributed by atoms with E-state index in [1.807, 2.05) is 12.5 Å². The average Bonchev–Trinajstić information content (AvgIpc) is 3.37. The minimum atomic E-state index is -0.244. The molecule has 8 rings (SSSR count). The Kier molecular flexibility index (Phi) is 16.2. The molecule has 8 aromatic carbocycles. The first kappa shape index (κ1) is 48.3. The summed E-state index contributed by atoms with van der Waals surface area (Å²) in [6.45, 7) is 8.46. The van der Waals surface area contributed by atoms with Gasteiger partial charge in [-0.3, -0.25) is 0 Å². The zero-order valence-corrected chi connectivity index (χ0v) is 42.7. The third-order valence-corrected chi connectivity index (χ3v) is 14.2. The molecule has 68 heavy (non-hydrogen) atoms.